The molecule has 1 nitrogen and oxygen atoms in total. The largest absolute Gasteiger partial charge is 1.00 e. The summed E-state index contributed by atoms with van der Waals surface area (Å²) in [5, 5.41) is 0.836. The van der Waals surface area contributed by atoms with E-state index in [-0.39, 0.29) is 12.4 Å². The van der Waals surface area contributed by atoms with Crippen LogP contribution in [0.25, 0.3) is 0 Å². The smallest absolute Gasteiger partial charge is 0.277 e. The van der Waals surface area contributed by atoms with Crippen molar-refractivity contribution in [2.45, 2.75) is 26.8 Å². The van der Waals surface area contributed by atoms with Crippen LogP contribution < -0.4 is 12.4 Å². The number of nitrogens with zero attached hydrogens (tertiary/aromatic N) is 1. The molecule has 3 heteroatoms. The lowest BCUT2D eigenvalue weighted by atomic mass is 10.2. The summed E-state index contributed by atoms with van der Waals surface area (Å²) in [4.78, 5) is 0. The molecule has 0 aliphatic carbocycles. The highest BCUT2D eigenvalue weighted by Crippen LogP contribution is 2.06. The highest BCUT2D eigenvalue weighted by Gasteiger charge is 2.15. The third-order valence-corrected chi connectivity index (χ3v) is 2.66. The third-order valence-electron chi connectivity index (χ3n) is 2.23. The Balaban J connectivity index is 0.00000196. The summed E-state index contributed by atoms with van der Waals surface area (Å²) in [7, 11) is 0. The topological polar surface area (TPSA) is 3.01 Å². The quantitative estimate of drug-likeness (QED) is 0.526. The molecule has 1 rings (SSSR count). The Kier molecular flexibility index (Phi) is 6.62. The molecule has 0 saturated heterocycles. The monoisotopic (exact) mass is 245 g/mol. The summed E-state index contributed by atoms with van der Waals surface area (Å²) in [6, 6.07) is 10.5. The number of hydrogen-bond donors (Lipinski definition) is 0. The Labute approximate surface area is 103 Å². The van der Waals surface area contributed by atoms with E-state index in [4.69, 9.17) is 11.6 Å². The minimum atomic E-state index is 0. The highest BCUT2D eigenvalue weighted by molar-refractivity contribution is 6.68. The van der Waals surface area contributed by atoms with Crippen molar-refractivity contribution in [1.29, 1.82) is 0 Å². The van der Waals surface area contributed by atoms with Crippen LogP contribution in [0.2, 0.25) is 0 Å². The zero-order chi connectivity index (χ0) is 10.6. The van der Waals surface area contributed by atoms with Gasteiger partial charge in [-0.05, 0) is 44.5 Å². The average Bonchev–Trinajstić information content (AvgIpc) is 2.19. The van der Waals surface area contributed by atoms with Crippen molar-refractivity contribution in [2.75, 3.05) is 6.54 Å². The zero-order valence-corrected chi connectivity index (χ0v) is 10.9. The molecule has 0 fully saturated rings. The minimum Gasteiger partial charge on any atom is -1.00 e. The van der Waals surface area contributed by atoms with Gasteiger partial charge in [0.05, 0.1) is 5.56 Å². The molecule has 0 aliphatic heterocycles. The number of hydrogen-bond acceptors (Lipinski definition) is 0. The summed E-state index contributed by atoms with van der Waals surface area (Å²) in [5.74, 6) is 0. The number of benzene rings is 1. The third kappa shape index (κ3) is 3.84. The summed E-state index contributed by atoms with van der Waals surface area (Å²) in [5.41, 5.74) is 1.09. The van der Waals surface area contributed by atoms with Crippen LogP contribution in [0.1, 0.15) is 26.3 Å². The van der Waals surface area contributed by atoms with Crippen LogP contribution in [-0.2, 0) is 0 Å². The van der Waals surface area contributed by atoms with Gasteiger partial charge in [-0.25, -0.2) is 4.58 Å². The van der Waals surface area contributed by atoms with Gasteiger partial charge in [0.2, 0.25) is 0 Å². The van der Waals surface area contributed by atoms with Gasteiger partial charge in [-0.15, -0.1) is 0 Å². The lowest BCUT2D eigenvalue weighted by Gasteiger charge is -2.07. The maximum Gasteiger partial charge on any atom is 0.277 e. The predicted molar refractivity (Wildman–Crippen MR) is 62.3 cm³/mol. The van der Waals surface area contributed by atoms with Crippen molar-refractivity contribution in [3.63, 3.8) is 0 Å². The van der Waals surface area contributed by atoms with Crippen LogP contribution in [-0.4, -0.2) is 22.3 Å². The molecular formula is C12H17Cl2N. The molecule has 0 atom stereocenters. The second-order valence-electron chi connectivity index (χ2n) is 3.54. The molecule has 0 amide bonds. The van der Waals surface area contributed by atoms with Crippen LogP contribution in [0, 0.1) is 0 Å². The van der Waals surface area contributed by atoms with E-state index in [1.165, 1.54) is 0 Å². The fourth-order valence-corrected chi connectivity index (χ4v) is 1.91. The lowest BCUT2D eigenvalue weighted by molar-refractivity contribution is -0.552. The van der Waals surface area contributed by atoms with E-state index in [0.717, 1.165) is 17.3 Å². The predicted octanol–water partition coefficient (Wildman–Crippen LogP) is 0.117. The molecule has 0 bridgehead atoms. The van der Waals surface area contributed by atoms with Crippen LogP contribution in [0.4, 0.5) is 0 Å². The second kappa shape index (κ2) is 6.86. The molecule has 15 heavy (non-hydrogen) atoms. The Morgan fingerprint density at radius 1 is 1.27 bits per heavy atom. The SMILES string of the molecule is CC[N+](=C(Cl)c1ccccc1)C(C)C.[Cl-]. The molecule has 0 unspecified atom stereocenters. The first-order chi connectivity index (χ1) is 6.66. The van der Waals surface area contributed by atoms with Gasteiger partial charge in [-0.1, -0.05) is 18.2 Å². The van der Waals surface area contributed by atoms with E-state index >= 15 is 0 Å². The maximum atomic E-state index is 6.31. The van der Waals surface area contributed by atoms with Crippen molar-refractivity contribution in [2.24, 2.45) is 0 Å². The first-order valence-electron chi connectivity index (χ1n) is 5.01. The zero-order valence-electron chi connectivity index (χ0n) is 9.37. The highest BCUT2D eigenvalue weighted by atomic mass is 35.5. The molecule has 0 aliphatic rings. The summed E-state index contributed by atoms with van der Waals surface area (Å²) < 4.78 is 2.18. The van der Waals surface area contributed by atoms with E-state index in [1.807, 2.05) is 30.3 Å². The van der Waals surface area contributed by atoms with E-state index in [2.05, 4.69) is 25.3 Å². The Morgan fingerprint density at radius 2 is 1.80 bits per heavy atom. The van der Waals surface area contributed by atoms with Crippen LogP contribution in [0.5, 0.6) is 0 Å². The van der Waals surface area contributed by atoms with Gasteiger partial charge in [-0.2, -0.15) is 0 Å². The van der Waals surface area contributed by atoms with Crippen molar-refractivity contribution in [3.05, 3.63) is 35.9 Å². The normalized spacial score (nSPS) is 12.1. The van der Waals surface area contributed by atoms with Crippen molar-refractivity contribution < 1.29 is 17.0 Å². The van der Waals surface area contributed by atoms with Crippen LogP contribution in [0.15, 0.2) is 30.3 Å². The number of rotatable bonds is 3. The number of halogens is 2. The van der Waals surface area contributed by atoms with Crippen molar-refractivity contribution in [1.82, 2.24) is 0 Å². The van der Waals surface area contributed by atoms with Crippen molar-refractivity contribution >= 4 is 16.8 Å². The molecule has 1 aromatic carbocycles. The molecular weight excluding hydrogens is 229 g/mol. The van der Waals surface area contributed by atoms with E-state index < -0.39 is 0 Å². The molecule has 84 valence electrons. The van der Waals surface area contributed by atoms with Crippen LogP contribution in [0.3, 0.4) is 0 Å². The van der Waals surface area contributed by atoms with Gasteiger partial charge in [0.1, 0.15) is 12.6 Å². The summed E-state index contributed by atoms with van der Waals surface area (Å²) in [6.07, 6.45) is 0. The summed E-state index contributed by atoms with van der Waals surface area (Å²) >= 11 is 6.31. The molecule has 0 radical (unpaired) electrons. The molecule has 0 aromatic heterocycles. The van der Waals surface area contributed by atoms with Crippen molar-refractivity contribution in [3.8, 4) is 0 Å². The van der Waals surface area contributed by atoms with E-state index in [9.17, 15) is 0 Å². The Bertz CT molecular complexity index is 318. The fourth-order valence-electron chi connectivity index (χ4n) is 1.47. The Morgan fingerprint density at radius 3 is 2.20 bits per heavy atom. The van der Waals surface area contributed by atoms with Gasteiger partial charge >= 0.3 is 0 Å². The first kappa shape index (κ1) is 14.5. The van der Waals surface area contributed by atoms with Crippen LogP contribution >= 0.6 is 11.6 Å². The van der Waals surface area contributed by atoms with Gasteiger partial charge < -0.3 is 12.4 Å². The standard InChI is InChI=1S/C12H17ClN.ClH/c1-4-14(10(2)3)12(13)11-8-6-5-7-9-11;/h5-10H,4H2,1-3H3;1H/q+1;/p-1. The maximum absolute atomic E-state index is 6.31. The van der Waals surface area contributed by atoms with E-state index in [1.54, 1.807) is 0 Å². The first-order valence-corrected chi connectivity index (χ1v) is 5.39. The molecule has 0 heterocycles. The summed E-state index contributed by atoms with van der Waals surface area (Å²) in [6.45, 7) is 7.35. The molecule has 0 spiro atoms. The molecule has 1 aromatic rings. The molecule has 0 N–H and O–H groups in total. The average molecular weight is 246 g/mol. The second-order valence-corrected chi connectivity index (χ2v) is 3.89. The Hall–Kier alpha value is -0.530. The van der Waals surface area contributed by atoms with Gasteiger partial charge in [-0.3, -0.25) is 0 Å². The lowest BCUT2D eigenvalue weighted by Crippen LogP contribution is -3.00. The fraction of sp³-hybridized carbons (Fsp3) is 0.417. The van der Waals surface area contributed by atoms with Gasteiger partial charge in [0.15, 0.2) is 0 Å². The molecule has 0 saturated carbocycles. The van der Waals surface area contributed by atoms with Gasteiger partial charge in [0.25, 0.3) is 5.17 Å². The van der Waals surface area contributed by atoms with Gasteiger partial charge in [0, 0.05) is 0 Å². The minimum absolute atomic E-state index is 0. The van der Waals surface area contributed by atoms with E-state index in [0.29, 0.717) is 6.04 Å².